The van der Waals surface area contributed by atoms with E-state index in [2.05, 4.69) is 18.7 Å². The summed E-state index contributed by atoms with van der Waals surface area (Å²) in [5.41, 5.74) is 1.08. The highest BCUT2D eigenvalue weighted by Gasteiger charge is 2.16. The fourth-order valence-electron chi connectivity index (χ4n) is 1.96. The second-order valence-electron chi connectivity index (χ2n) is 4.42. The fraction of sp³-hybridized carbons (Fsp3) is 0.571. The molecule has 2 atom stereocenters. The highest BCUT2D eigenvalue weighted by Crippen LogP contribution is 2.23. The van der Waals surface area contributed by atoms with Crippen LogP contribution in [0.15, 0.2) is 24.3 Å². The van der Waals surface area contributed by atoms with Crippen molar-refractivity contribution in [2.24, 2.45) is 0 Å². The zero-order valence-corrected chi connectivity index (χ0v) is 10.9. The first kappa shape index (κ1) is 14.0. The molecular weight excluding hydrogens is 214 g/mol. The SMILES string of the molecule is CCC(O)CN(CC)C(C)c1cccc(O)c1. The van der Waals surface area contributed by atoms with Crippen molar-refractivity contribution < 1.29 is 10.2 Å². The standard InChI is InChI=1S/C14H23NO2/c1-4-13(16)10-15(5-2)11(3)12-7-6-8-14(17)9-12/h6-9,11,13,16-17H,4-5,10H2,1-3H3. The monoisotopic (exact) mass is 237 g/mol. The highest BCUT2D eigenvalue weighted by atomic mass is 16.3. The maximum atomic E-state index is 9.72. The maximum absolute atomic E-state index is 9.72. The summed E-state index contributed by atoms with van der Waals surface area (Å²) in [7, 11) is 0. The molecule has 0 saturated carbocycles. The molecule has 0 saturated heterocycles. The lowest BCUT2D eigenvalue weighted by atomic mass is 10.1. The number of phenols is 1. The van der Waals surface area contributed by atoms with E-state index in [1.54, 1.807) is 12.1 Å². The van der Waals surface area contributed by atoms with Crippen LogP contribution in [-0.4, -0.2) is 34.3 Å². The Kier molecular flexibility index (Phi) is 5.45. The molecule has 17 heavy (non-hydrogen) atoms. The topological polar surface area (TPSA) is 43.7 Å². The molecular formula is C14H23NO2. The smallest absolute Gasteiger partial charge is 0.115 e. The number of aliphatic hydroxyl groups is 1. The van der Waals surface area contributed by atoms with E-state index in [-0.39, 0.29) is 12.1 Å². The van der Waals surface area contributed by atoms with Gasteiger partial charge in [0.15, 0.2) is 0 Å². The first-order valence-corrected chi connectivity index (χ1v) is 6.29. The highest BCUT2D eigenvalue weighted by molar-refractivity contribution is 5.29. The zero-order chi connectivity index (χ0) is 12.8. The van der Waals surface area contributed by atoms with Gasteiger partial charge in [-0.15, -0.1) is 0 Å². The van der Waals surface area contributed by atoms with Crippen molar-refractivity contribution in [3.8, 4) is 5.75 Å². The van der Waals surface area contributed by atoms with Crippen LogP contribution in [0.5, 0.6) is 5.75 Å². The number of benzene rings is 1. The van der Waals surface area contributed by atoms with E-state index in [0.717, 1.165) is 18.5 Å². The van der Waals surface area contributed by atoms with Gasteiger partial charge in [-0.3, -0.25) is 4.90 Å². The van der Waals surface area contributed by atoms with Gasteiger partial charge in [-0.25, -0.2) is 0 Å². The van der Waals surface area contributed by atoms with Crippen LogP contribution in [0.2, 0.25) is 0 Å². The summed E-state index contributed by atoms with van der Waals surface area (Å²) in [5.74, 6) is 0.293. The van der Waals surface area contributed by atoms with Crippen molar-refractivity contribution in [2.45, 2.75) is 39.3 Å². The van der Waals surface area contributed by atoms with Gasteiger partial charge in [0.1, 0.15) is 5.75 Å². The van der Waals surface area contributed by atoms with Crippen molar-refractivity contribution in [1.82, 2.24) is 4.90 Å². The summed E-state index contributed by atoms with van der Waals surface area (Å²) >= 11 is 0. The van der Waals surface area contributed by atoms with Gasteiger partial charge in [0, 0.05) is 12.6 Å². The van der Waals surface area contributed by atoms with Crippen LogP contribution < -0.4 is 0 Å². The van der Waals surface area contributed by atoms with Gasteiger partial charge in [0.05, 0.1) is 6.10 Å². The van der Waals surface area contributed by atoms with Gasteiger partial charge in [0.2, 0.25) is 0 Å². The van der Waals surface area contributed by atoms with Crippen LogP contribution in [0.3, 0.4) is 0 Å². The first-order chi connectivity index (χ1) is 8.08. The maximum Gasteiger partial charge on any atom is 0.115 e. The van der Waals surface area contributed by atoms with Gasteiger partial charge in [-0.05, 0) is 37.6 Å². The normalized spacial score (nSPS) is 14.9. The summed E-state index contributed by atoms with van der Waals surface area (Å²) in [4.78, 5) is 2.21. The predicted octanol–water partition coefficient (Wildman–Crippen LogP) is 2.55. The zero-order valence-electron chi connectivity index (χ0n) is 10.9. The molecule has 0 spiro atoms. The average Bonchev–Trinajstić information content (AvgIpc) is 2.34. The summed E-state index contributed by atoms with van der Waals surface area (Å²) in [6.07, 6.45) is 0.484. The quantitative estimate of drug-likeness (QED) is 0.799. The molecule has 2 unspecified atom stereocenters. The predicted molar refractivity (Wildman–Crippen MR) is 70.1 cm³/mol. The Balaban J connectivity index is 2.75. The third kappa shape index (κ3) is 4.02. The molecule has 0 aromatic heterocycles. The van der Waals surface area contributed by atoms with Gasteiger partial charge < -0.3 is 10.2 Å². The summed E-state index contributed by atoms with van der Waals surface area (Å²) < 4.78 is 0. The number of phenolic OH excluding ortho intramolecular Hbond substituents is 1. The Morgan fingerprint density at radius 1 is 1.29 bits per heavy atom. The Bertz CT molecular complexity index is 341. The molecule has 0 bridgehead atoms. The van der Waals surface area contributed by atoms with Crippen LogP contribution in [0.25, 0.3) is 0 Å². The van der Waals surface area contributed by atoms with Gasteiger partial charge in [-0.2, -0.15) is 0 Å². The van der Waals surface area contributed by atoms with Gasteiger partial charge in [0.25, 0.3) is 0 Å². The Labute approximate surface area is 104 Å². The van der Waals surface area contributed by atoms with Crippen molar-refractivity contribution in [3.05, 3.63) is 29.8 Å². The van der Waals surface area contributed by atoms with E-state index < -0.39 is 0 Å². The number of nitrogens with zero attached hydrogens (tertiary/aromatic N) is 1. The van der Waals surface area contributed by atoms with E-state index in [1.165, 1.54) is 0 Å². The molecule has 2 N–H and O–H groups in total. The first-order valence-electron chi connectivity index (χ1n) is 6.29. The number of hydrogen-bond acceptors (Lipinski definition) is 3. The molecule has 0 fully saturated rings. The Hall–Kier alpha value is -1.06. The summed E-state index contributed by atoms with van der Waals surface area (Å²) in [5, 5.41) is 19.2. The molecule has 96 valence electrons. The van der Waals surface area contributed by atoms with Crippen LogP contribution in [-0.2, 0) is 0 Å². The van der Waals surface area contributed by atoms with E-state index >= 15 is 0 Å². The van der Waals surface area contributed by atoms with E-state index in [4.69, 9.17) is 0 Å². The largest absolute Gasteiger partial charge is 0.508 e. The minimum absolute atomic E-state index is 0.202. The lowest BCUT2D eigenvalue weighted by Crippen LogP contribution is -2.34. The molecule has 1 aromatic carbocycles. The van der Waals surface area contributed by atoms with E-state index in [9.17, 15) is 10.2 Å². The van der Waals surface area contributed by atoms with Crippen LogP contribution in [0.4, 0.5) is 0 Å². The van der Waals surface area contributed by atoms with Crippen molar-refractivity contribution >= 4 is 0 Å². The number of aromatic hydroxyl groups is 1. The Morgan fingerprint density at radius 3 is 2.53 bits per heavy atom. The molecule has 0 aliphatic rings. The number of rotatable bonds is 6. The van der Waals surface area contributed by atoms with Crippen molar-refractivity contribution in [1.29, 1.82) is 0 Å². The number of hydrogen-bond donors (Lipinski definition) is 2. The molecule has 3 heteroatoms. The second-order valence-corrected chi connectivity index (χ2v) is 4.42. The van der Waals surface area contributed by atoms with Crippen molar-refractivity contribution in [2.75, 3.05) is 13.1 Å². The minimum atomic E-state index is -0.283. The Morgan fingerprint density at radius 2 is 2.00 bits per heavy atom. The molecule has 0 amide bonds. The number of aliphatic hydroxyl groups excluding tert-OH is 1. The molecule has 0 heterocycles. The fourth-order valence-corrected chi connectivity index (χ4v) is 1.96. The summed E-state index contributed by atoms with van der Waals surface area (Å²) in [6, 6.07) is 7.52. The van der Waals surface area contributed by atoms with E-state index in [1.807, 2.05) is 19.1 Å². The average molecular weight is 237 g/mol. The van der Waals surface area contributed by atoms with Crippen LogP contribution >= 0.6 is 0 Å². The molecule has 0 aliphatic heterocycles. The van der Waals surface area contributed by atoms with Gasteiger partial charge in [-0.1, -0.05) is 26.0 Å². The molecule has 1 rings (SSSR count). The molecule has 1 aromatic rings. The molecule has 3 nitrogen and oxygen atoms in total. The van der Waals surface area contributed by atoms with Crippen LogP contribution in [0.1, 0.15) is 38.8 Å². The van der Waals surface area contributed by atoms with Gasteiger partial charge >= 0.3 is 0 Å². The lowest BCUT2D eigenvalue weighted by Gasteiger charge is -2.30. The third-order valence-electron chi connectivity index (χ3n) is 3.22. The summed E-state index contributed by atoms with van der Waals surface area (Å²) in [6.45, 7) is 7.72. The molecule has 0 radical (unpaired) electrons. The van der Waals surface area contributed by atoms with E-state index in [0.29, 0.717) is 12.3 Å². The minimum Gasteiger partial charge on any atom is -0.508 e. The second kappa shape index (κ2) is 6.62. The lowest BCUT2D eigenvalue weighted by molar-refractivity contribution is 0.0918. The number of likely N-dealkylation sites (N-methyl/N-ethyl adjacent to an activating group) is 1. The third-order valence-corrected chi connectivity index (χ3v) is 3.22. The van der Waals surface area contributed by atoms with Crippen molar-refractivity contribution in [3.63, 3.8) is 0 Å². The van der Waals surface area contributed by atoms with Crippen LogP contribution in [0, 0.1) is 0 Å². The molecule has 0 aliphatic carbocycles.